The van der Waals surface area contributed by atoms with Gasteiger partial charge in [-0.1, -0.05) is 0 Å². The van der Waals surface area contributed by atoms with Crippen LogP contribution in [0.3, 0.4) is 0 Å². The first-order chi connectivity index (χ1) is 5.81. The Balaban J connectivity index is 2.42. The van der Waals surface area contributed by atoms with Crippen LogP contribution < -0.4 is 5.73 Å². The fourth-order valence-electron chi connectivity index (χ4n) is 1.65. The lowest BCUT2D eigenvalue weighted by molar-refractivity contribution is 0.578. The zero-order valence-electron chi connectivity index (χ0n) is 6.71. The molecular weight excluding hydrogens is 168 g/mol. The van der Waals surface area contributed by atoms with Crippen molar-refractivity contribution < 1.29 is 0 Å². The van der Waals surface area contributed by atoms with Crippen LogP contribution in [0.15, 0.2) is 5.38 Å². The minimum Gasteiger partial charge on any atom is -0.327 e. The molecule has 2 rings (SSSR count). The molecule has 0 aromatic carbocycles. The van der Waals surface area contributed by atoms with Gasteiger partial charge in [-0.2, -0.15) is 5.26 Å². The first-order valence-corrected chi connectivity index (χ1v) is 4.94. The molecule has 1 aromatic rings. The van der Waals surface area contributed by atoms with Crippen LogP contribution in [0, 0.1) is 11.3 Å². The third-order valence-corrected chi connectivity index (χ3v) is 3.31. The Morgan fingerprint density at radius 2 is 2.50 bits per heavy atom. The highest BCUT2D eigenvalue weighted by Gasteiger charge is 2.19. The lowest BCUT2D eigenvalue weighted by Crippen LogP contribution is -2.27. The van der Waals surface area contributed by atoms with Gasteiger partial charge >= 0.3 is 0 Å². The van der Waals surface area contributed by atoms with Crippen molar-refractivity contribution in [1.29, 1.82) is 5.26 Å². The van der Waals surface area contributed by atoms with Gasteiger partial charge in [0.05, 0.1) is 0 Å². The molecule has 1 heterocycles. The van der Waals surface area contributed by atoms with Gasteiger partial charge in [-0.25, -0.2) is 0 Å². The number of hydrogen-bond donors (Lipinski definition) is 1. The number of rotatable bonds is 0. The van der Waals surface area contributed by atoms with Crippen molar-refractivity contribution in [3.8, 4) is 6.07 Å². The molecule has 1 aliphatic rings. The van der Waals surface area contributed by atoms with Crippen LogP contribution in [0.1, 0.15) is 22.4 Å². The fourth-order valence-corrected chi connectivity index (χ4v) is 2.58. The largest absolute Gasteiger partial charge is 0.327 e. The molecule has 1 atom stereocenters. The van der Waals surface area contributed by atoms with E-state index in [-0.39, 0.29) is 6.04 Å². The predicted molar refractivity (Wildman–Crippen MR) is 49.0 cm³/mol. The normalized spacial score (nSPS) is 21.5. The molecule has 0 saturated carbocycles. The number of nitriles is 1. The standard InChI is InChI=1S/C9H10N2S/c10-4-9-8-3-7(11)2-1-6(8)5-12-9/h5,7H,1-3,11H2. The van der Waals surface area contributed by atoms with Gasteiger partial charge in [0, 0.05) is 6.04 Å². The second-order valence-corrected chi connectivity index (χ2v) is 4.06. The molecule has 1 aliphatic carbocycles. The summed E-state index contributed by atoms with van der Waals surface area (Å²) < 4.78 is 0. The molecule has 3 heteroatoms. The van der Waals surface area contributed by atoms with E-state index in [1.165, 1.54) is 11.1 Å². The molecule has 0 amide bonds. The molecule has 0 aliphatic heterocycles. The fraction of sp³-hybridized carbons (Fsp3) is 0.444. The minimum absolute atomic E-state index is 0.263. The highest BCUT2D eigenvalue weighted by molar-refractivity contribution is 7.10. The van der Waals surface area contributed by atoms with E-state index in [4.69, 9.17) is 11.0 Å². The lowest BCUT2D eigenvalue weighted by Gasteiger charge is -2.17. The van der Waals surface area contributed by atoms with Gasteiger partial charge in [-0.05, 0) is 35.8 Å². The van der Waals surface area contributed by atoms with Crippen molar-refractivity contribution in [2.45, 2.75) is 25.3 Å². The van der Waals surface area contributed by atoms with E-state index >= 15 is 0 Å². The summed E-state index contributed by atoms with van der Waals surface area (Å²) in [7, 11) is 0. The molecule has 0 bridgehead atoms. The molecule has 0 fully saturated rings. The van der Waals surface area contributed by atoms with Gasteiger partial charge < -0.3 is 5.73 Å². The molecule has 1 aromatic heterocycles. The van der Waals surface area contributed by atoms with Crippen LogP contribution in [-0.4, -0.2) is 6.04 Å². The smallest absolute Gasteiger partial charge is 0.110 e. The monoisotopic (exact) mass is 178 g/mol. The second kappa shape index (κ2) is 2.89. The van der Waals surface area contributed by atoms with Crippen molar-refractivity contribution in [2.75, 3.05) is 0 Å². The van der Waals surface area contributed by atoms with Crippen LogP contribution in [0.25, 0.3) is 0 Å². The maximum atomic E-state index is 8.79. The Kier molecular flexibility index (Phi) is 1.87. The van der Waals surface area contributed by atoms with E-state index in [0.29, 0.717) is 0 Å². The third kappa shape index (κ3) is 1.13. The Morgan fingerprint density at radius 1 is 1.67 bits per heavy atom. The summed E-state index contributed by atoms with van der Waals surface area (Å²) in [6.45, 7) is 0. The molecule has 0 radical (unpaired) electrons. The van der Waals surface area contributed by atoms with Gasteiger partial charge in [0.1, 0.15) is 10.9 Å². The first kappa shape index (κ1) is 7.78. The SMILES string of the molecule is N#Cc1scc2c1CC(N)CC2. The molecule has 1 unspecified atom stereocenters. The van der Waals surface area contributed by atoms with E-state index in [0.717, 1.165) is 24.1 Å². The van der Waals surface area contributed by atoms with Crippen molar-refractivity contribution in [3.05, 3.63) is 21.4 Å². The average molecular weight is 178 g/mol. The van der Waals surface area contributed by atoms with Gasteiger partial charge in [0.2, 0.25) is 0 Å². The van der Waals surface area contributed by atoms with Crippen LogP contribution in [-0.2, 0) is 12.8 Å². The van der Waals surface area contributed by atoms with Crippen molar-refractivity contribution in [2.24, 2.45) is 5.73 Å². The average Bonchev–Trinajstić information content (AvgIpc) is 2.46. The molecular formula is C9H10N2S. The Hall–Kier alpha value is -0.850. The lowest BCUT2D eigenvalue weighted by atomic mass is 9.91. The van der Waals surface area contributed by atoms with E-state index in [9.17, 15) is 0 Å². The van der Waals surface area contributed by atoms with Crippen LogP contribution >= 0.6 is 11.3 Å². The summed E-state index contributed by atoms with van der Waals surface area (Å²) in [4.78, 5) is 0.861. The molecule has 12 heavy (non-hydrogen) atoms. The van der Waals surface area contributed by atoms with E-state index in [2.05, 4.69) is 11.4 Å². The molecule has 2 N–H and O–H groups in total. The quantitative estimate of drug-likeness (QED) is 0.653. The Morgan fingerprint density at radius 3 is 3.25 bits per heavy atom. The maximum absolute atomic E-state index is 8.79. The number of fused-ring (bicyclic) bond motifs is 1. The molecule has 2 nitrogen and oxygen atoms in total. The van der Waals surface area contributed by atoms with E-state index in [1.807, 2.05) is 0 Å². The highest BCUT2D eigenvalue weighted by atomic mass is 32.1. The summed E-state index contributed by atoms with van der Waals surface area (Å²) in [6.07, 6.45) is 3.00. The van der Waals surface area contributed by atoms with Crippen LogP contribution in [0.2, 0.25) is 0 Å². The topological polar surface area (TPSA) is 49.8 Å². The minimum atomic E-state index is 0.263. The van der Waals surface area contributed by atoms with Crippen LogP contribution in [0.4, 0.5) is 0 Å². The maximum Gasteiger partial charge on any atom is 0.110 e. The third-order valence-electron chi connectivity index (χ3n) is 2.33. The van der Waals surface area contributed by atoms with Gasteiger partial charge in [-0.3, -0.25) is 0 Å². The summed E-state index contributed by atoms with van der Waals surface area (Å²) in [6, 6.07) is 2.48. The van der Waals surface area contributed by atoms with Crippen molar-refractivity contribution in [1.82, 2.24) is 0 Å². The number of aryl methyl sites for hydroxylation is 1. The van der Waals surface area contributed by atoms with Gasteiger partial charge in [0.15, 0.2) is 0 Å². The summed E-state index contributed by atoms with van der Waals surface area (Å²) in [5, 5.41) is 10.9. The van der Waals surface area contributed by atoms with Crippen molar-refractivity contribution in [3.63, 3.8) is 0 Å². The second-order valence-electron chi connectivity index (χ2n) is 3.18. The Bertz CT molecular complexity index is 335. The molecule has 0 saturated heterocycles. The van der Waals surface area contributed by atoms with E-state index < -0.39 is 0 Å². The molecule has 0 spiro atoms. The number of nitrogens with two attached hydrogens (primary N) is 1. The number of nitrogens with zero attached hydrogens (tertiary/aromatic N) is 1. The van der Waals surface area contributed by atoms with E-state index in [1.54, 1.807) is 11.3 Å². The summed E-state index contributed by atoms with van der Waals surface area (Å²) in [5.41, 5.74) is 8.38. The predicted octanol–water partition coefficient (Wildman–Crippen LogP) is 1.44. The van der Waals surface area contributed by atoms with Gasteiger partial charge in [0.25, 0.3) is 0 Å². The number of hydrogen-bond acceptors (Lipinski definition) is 3. The number of thiophene rings is 1. The summed E-state index contributed by atoms with van der Waals surface area (Å²) in [5.74, 6) is 0. The van der Waals surface area contributed by atoms with Gasteiger partial charge in [-0.15, -0.1) is 11.3 Å². The zero-order valence-corrected chi connectivity index (χ0v) is 7.53. The van der Waals surface area contributed by atoms with Crippen LogP contribution in [0.5, 0.6) is 0 Å². The van der Waals surface area contributed by atoms with Crippen molar-refractivity contribution >= 4 is 11.3 Å². The highest BCUT2D eigenvalue weighted by Crippen LogP contribution is 2.28. The summed E-state index contributed by atoms with van der Waals surface area (Å²) >= 11 is 1.55. The Labute approximate surface area is 75.6 Å². The molecule has 62 valence electrons. The first-order valence-electron chi connectivity index (χ1n) is 4.06. The zero-order chi connectivity index (χ0) is 8.55.